The number of carbonyl (C=O) groups is 5. The summed E-state index contributed by atoms with van der Waals surface area (Å²) in [5.74, 6) is -0.792. The van der Waals surface area contributed by atoms with Crippen molar-refractivity contribution in [1.82, 2.24) is 44.5 Å². The number of benzene rings is 1. The van der Waals surface area contributed by atoms with Crippen molar-refractivity contribution in [2.24, 2.45) is 11.8 Å². The zero-order valence-corrected chi connectivity index (χ0v) is 43.1. The average molecular weight is 1020 g/mol. The van der Waals surface area contributed by atoms with Crippen LogP contribution in [0, 0.1) is 17.7 Å². The largest absolute Gasteiger partial charge is 0.370 e. The molecule has 5 aromatic rings. The van der Waals surface area contributed by atoms with E-state index in [0.717, 1.165) is 85.4 Å². The third-order valence-corrected chi connectivity index (χ3v) is 17.9. The van der Waals surface area contributed by atoms with Gasteiger partial charge in [0.2, 0.25) is 29.5 Å². The molecule has 1 aromatic carbocycles. The molecule has 392 valence electrons. The molecular formula is C57H67FN12O5. The van der Waals surface area contributed by atoms with Gasteiger partial charge in [0.1, 0.15) is 5.52 Å². The lowest BCUT2D eigenvalue weighted by Crippen LogP contribution is -2.58. The minimum Gasteiger partial charge on any atom is -0.370 e. The number of amides is 5. The molecule has 75 heavy (non-hydrogen) atoms. The monoisotopic (exact) mass is 1020 g/mol. The van der Waals surface area contributed by atoms with Gasteiger partial charge in [-0.2, -0.15) is 0 Å². The van der Waals surface area contributed by atoms with Crippen molar-refractivity contribution < 1.29 is 28.4 Å². The van der Waals surface area contributed by atoms with Crippen molar-refractivity contribution in [2.75, 3.05) is 67.5 Å². The molecule has 1 spiro atoms. The molecule has 5 amide bonds. The summed E-state index contributed by atoms with van der Waals surface area (Å²) in [6.07, 6.45) is 16.4. The number of hydrogen-bond donors (Lipinski definition) is 2. The maximum absolute atomic E-state index is 15.3. The summed E-state index contributed by atoms with van der Waals surface area (Å²) in [6, 6.07) is 14.3. The smallest absolute Gasteiger partial charge is 0.238 e. The first-order valence-corrected chi connectivity index (χ1v) is 27.5. The number of piperidine rings is 5. The summed E-state index contributed by atoms with van der Waals surface area (Å²) >= 11 is 0. The van der Waals surface area contributed by atoms with Crippen LogP contribution in [0.1, 0.15) is 121 Å². The number of imide groups is 1. The number of rotatable bonds is 10. The molecule has 12 rings (SSSR count). The second kappa shape index (κ2) is 20.0. The van der Waals surface area contributed by atoms with Gasteiger partial charge in [0.15, 0.2) is 11.6 Å². The van der Waals surface area contributed by atoms with E-state index < -0.39 is 17.2 Å². The number of nitrogens with zero attached hydrogens (tertiary/aromatic N) is 10. The van der Waals surface area contributed by atoms with E-state index >= 15 is 9.18 Å². The Balaban J connectivity index is 0.712. The highest BCUT2D eigenvalue weighted by molar-refractivity contribution is 6.09. The van der Waals surface area contributed by atoms with Crippen molar-refractivity contribution in [3.8, 4) is 11.3 Å². The number of carbonyl (C=O) groups excluding carboxylic acids is 5. The van der Waals surface area contributed by atoms with Crippen molar-refractivity contribution in [3.63, 3.8) is 0 Å². The topological polar surface area (TPSA) is 182 Å². The number of pyridine rings is 3. The molecule has 0 bridgehead atoms. The summed E-state index contributed by atoms with van der Waals surface area (Å²) in [5.41, 5.74) is 6.05. The van der Waals surface area contributed by atoms with Crippen molar-refractivity contribution >= 4 is 63.4 Å². The molecule has 1 saturated carbocycles. The highest BCUT2D eigenvalue weighted by Gasteiger charge is 2.56. The number of anilines is 4. The zero-order valence-electron chi connectivity index (χ0n) is 43.1. The Morgan fingerprint density at radius 3 is 2.19 bits per heavy atom. The SMILES string of the molecule is CC(C)n1cnc2cc(-c3ccc4c(c3)N(C3CC(N5CCCCC5)C3)C(=O)C43CCN(C(=O)C4CCN(C(=O)C5CCN(c6ccc([C@H]7CCC(=O)NC7=O)nc6)CC5)CC4)CC3)nc(Nc3ccncc3F)c21. The van der Waals surface area contributed by atoms with Crippen LogP contribution in [-0.2, 0) is 29.4 Å². The van der Waals surface area contributed by atoms with Crippen LogP contribution in [0.3, 0.4) is 0 Å². The predicted molar refractivity (Wildman–Crippen MR) is 282 cm³/mol. The van der Waals surface area contributed by atoms with E-state index in [0.29, 0.717) is 88.0 Å². The standard InChI is InChI=1S/C57H67FN12O5/c1-35(2)69-34-61-48-31-47(63-52(51(48)69)62-46-12-19-59-33-44(46)58)38-6-9-43-49(28-38)70(41-29-40(30-41)65-20-4-3-5-21-65)56(75)57(43)17-26-68(27-18-57)55(74)37-15-24-67(25-16-37)54(73)36-13-22-66(23-14-36)39-7-10-45(60-32-39)42-8-11-50(71)64-53(42)72/h6-7,9-10,12,19,28,31-37,40-42H,3-5,8,11,13-18,20-27,29-30H2,1-2H3,(H,59,62,63)(H,64,71,72)/t40?,41?,42-/m1/s1. The number of imidazole rings is 1. The minimum absolute atomic E-state index is 0.0742. The van der Waals surface area contributed by atoms with E-state index in [4.69, 9.17) is 9.97 Å². The number of hydrogen-bond acceptors (Lipinski definition) is 12. The minimum atomic E-state index is -0.749. The quantitative estimate of drug-likeness (QED) is 0.134. The van der Waals surface area contributed by atoms with E-state index in [9.17, 15) is 19.2 Å². The lowest BCUT2D eigenvalue weighted by Gasteiger charge is -2.48. The van der Waals surface area contributed by atoms with Gasteiger partial charge in [0.05, 0.1) is 58.3 Å². The number of halogens is 1. The molecule has 1 atom stereocenters. The Hall–Kier alpha value is -6.82. The molecule has 2 N–H and O–H groups in total. The van der Waals surface area contributed by atoms with Crippen LogP contribution in [0.5, 0.6) is 0 Å². The fourth-order valence-electron chi connectivity index (χ4n) is 13.4. The second-order valence-corrected chi connectivity index (χ2v) is 22.4. The fourth-order valence-corrected chi connectivity index (χ4v) is 13.4. The first kappa shape index (κ1) is 49.1. The molecule has 6 fully saturated rings. The van der Waals surface area contributed by atoms with E-state index in [1.54, 1.807) is 24.8 Å². The highest BCUT2D eigenvalue weighted by Crippen LogP contribution is 2.52. The molecule has 6 aliphatic heterocycles. The molecule has 10 heterocycles. The lowest BCUT2D eigenvalue weighted by molar-refractivity contribution is -0.144. The van der Waals surface area contributed by atoms with E-state index in [1.165, 1.54) is 25.5 Å². The van der Waals surface area contributed by atoms with E-state index in [2.05, 4.69) is 67.3 Å². The van der Waals surface area contributed by atoms with Gasteiger partial charge in [0.25, 0.3) is 0 Å². The second-order valence-electron chi connectivity index (χ2n) is 22.4. The van der Waals surface area contributed by atoms with Crippen LogP contribution in [-0.4, -0.2) is 133 Å². The molecule has 18 heteroatoms. The van der Waals surface area contributed by atoms with E-state index in [-0.39, 0.29) is 59.1 Å². The Morgan fingerprint density at radius 2 is 1.51 bits per heavy atom. The molecule has 7 aliphatic rings. The van der Waals surface area contributed by atoms with Crippen LogP contribution in [0.4, 0.5) is 27.3 Å². The molecule has 17 nitrogen and oxygen atoms in total. The van der Waals surface area contributed by atoms with Crippen LogP contribution in [0.2, 0.25) is 0 Å². The first-order chi connectivity index (χ1) is 36.4. The average Bonchev–Trinajstić information content (AvgIpc) is 3.96. The van der Waals surface area contributed by atoms with E-state index in [1.807, 2.05) is 32.6 Å². The molecule has 5 saturated heterocycles. The summed E-state index contributed by atoms with van der Waals surface area (Å²) in [5, 5.41) is 5.65. The predicted octanol–water partition coefficient (Wildman–Crippen LogP) is 7.25. The molecule has 0 radical (unpaired) electrons. The third kappa shape index (κ3) is 9.09. The van der Waals surface area contributed by atoms with Gasteiger partial charge in [-0.25, -0.2) is 14.4 Å². The Labute approximate surface area is 436 Å². The highest BCUT2D eigenvalue weighted by atomic mass is 19.1. The normalized spacial score (nSPS) is 23.7. The molecule has 1 aliphatic carbocycles. The van der Waals surface area contributed by atoms with Gasteiger partial charge in [0, 0.05) is 93.1 Å². The summed E-state index contributed by atoms with van der Waals surface area (Å²) in [4.78, 5) is 96.8. The van der Waals surface area contributed by atoms with Crippen molar-refractivity contribution in [3.05, 3.63) is 84.5 Å². The molecule has 4 aromatic heterocycles. The summed E-state index contributed by atoms with van der Waals surface area (Å²) in [7, 11) is 0. The Bertz CT molecular complexity index is 3020. The molecule has 0 unspecified atom stereocenters. The van der Waals surface area contributed by atoms with Crippen molar-refractivity contribution in [1.29, 1.82) is 0 Å². The maximum atomic E-state index is 15.3. The third-order valence-electron chi connectivity index (χ3n) is 17.9. The van der Waals surface area contributed by atoms with Gasteiger partial charge in [-0.3, -0.25) is 39.3 Å². The maximum Gasteiger partial charge on any atom is 0.238 e. The van der Waals surface area contributed by atoms with Crippen LogP contribution in [0.15, 0.2) is 67.4 Å². The Kier molecular flexibility index (Phi) is 13.1. The first-order valence-electron chi connectivity index (χ1n) is 27.5. The van der Waals surface area contributed by atoms with Gasteiger partial charge in [-0.1, -0.05) is 18.6 Å². The number of nitrogens with one attached hydrogen (secondary N) is 2. The Morgan fingerprint density at radius 1 is 0.787 bits per heavy atom. The summed E-state index contributed by atoms with van der Waals surface area (Å²) in [6.45, 7) is 9.91. The number of aromatic nitrogens is 5. The van der Waals surface area contributed by atoms with Crippen LogP contribution in [0.25, 0.3) is 22.3 Å². The lowest BCUT2D eigenvalue weighted by atomic mass is 9.73. The number of likely N-dealkylation sites (tertiary alicyclic amines) is 3. The molecular weight excluding hydrogens is 952 g/mol. The van der Waals surface area contributed by atoms with Gasteiger partial charge < -0.3 is 34.4 Å². The van der Waals surface area contributed by atoms with Gasteiger partial charge >= 0.3 is 0 Å². The van der Waals surface area contributed by atoms with Gasteiger partial charge in [-0.15, -0.1) is 0 Å². The van der Waals surface area contributed by atoms with Crippen LogP contribution >= 0.6 is 0 Å². The number of fused-ring (bicyclic) bond motifs is 3. The zero-order chi connectivity index (χ0) is 51.5. The van der Waals surface area contributed by atoms with Crippen molar-refractivity contribution in [2.45, 2.75) is 127 Å². The van der Waals surface area contributed by atoms with Gasteiger partial charge in [-0.05, 0) is 133 Å². The fraction of sp³-hybridized carbons (Fsp3) is 0.526. The summed E-state index contributed by atoms with van der Waals surface area (Å²) < 4.78 is 17.1. The van der Waals surface area contributed by atoms with Crippen LogP contribution < -0.4 is 20.4 Å².